The number of benzene rings is 2. The summed E-state index contributed by atoms with van der Waals surface area (Å²) in [4.78, 5) is 34.6. The van der Waals surface area contributed by atoms with Gasteiger partial charge in [0.15, 0.2) is 0 Å². The Kier molecular flexibility index (Phi) is 8.34. The zero-order chi connectivity index (χ0) is 32.8. The van der Waals surface area contributed by atoms with E-state index in [-0.39, 0.29) is 41.0 Å². The average molecular weight is 676 g/mol. The van der Waals surface area contributed by atoms with Crippen molar-refractivity contribution >= 4 is 60.0 Å². The van der Waals surface area contributed by atoms with E-state index in [4.69, 9.17) is 16.3 Å². The van der Waals surface area contributed by atoms with Gasteiger partial charge in [0.1, 0.15) is 24.3 Å². The zero-order valence-corrected chi connectivity index (χ0v) is 26.0. The molecule has 0 aliphatic heterocycles. The number of halogens is 4. The number of fused-ring (bicyclic) bond motifs is 2. The molecule has 5 rings (SSSR count). The summed E-state index contributed by atoms with van der Waals surface area (Å²) in [5, 5.41) is 11.1. The third kappa shape index (κ3) is 6.48. The van der Waals surface area contributed by atoms with Gasteiger partial charge in [0.25, 0.3) is 11.5 Å². The largest absolute Gasteiger partial charge is 0.491 e. The van der Waals surface area contributed by atoms with Crippen LogP contribution in [0, 0.1) is 25.2 Å². The number of thiophene rings is 1. The number of rotatable bonds is 7. The second kappa shape index (κ2) is 11.8. The molecule has 2 aromatic carbocycles. The molecular weight excluding hydrogens is 655 g/mol. The molecule has 0 radical (unpaired) electrons. The van der Waals surface area contributed by atoms with Gasteiger partial charge in [-0.2, -0.15) is 18.4 Å². The Balaban J connectivity index is 1.50. The number of aromatic nitrogens is 3. The number of ether oxygens (including phenoxy) is 1. The van der Waals surface area contributed by atoms with E-state index in [1.165, 1.54) is 28.2 Å². The van der Waals surface area contributed by atoms with Gasteiger partial charge in [0.05, 0.1) is 50.6 Å². The van der Waals surface area contributed by atoms with Gasteiger partial charge < -0.3 is 4.74 Å². The van der Waals surface area contributed by atoms with Crippen molar-refractivity contribution in [1.29, 1.82) is 5.26 Å². The smallest absolute Gasteiger partial charge is 0.416 e. The van der Waals surface area contributed by atoms with Crippen LogP contribution in [0.2, 0.25) is 5.02 Å². The molecule has 0 aliphatic rings. The van der Waals surface area contributed by atoms with Crippen LogP contribution in [0.25, 0.3) is 32.2 Å². The van der Waals surface area contributed by atoms with E-state index in [0.29, 0.717) is 38.4 Å². The Labute approximate surface area is 262 Å². The number of aryl methyl sites for hydroxylation is 2. The highest BCUT2D eigenvalue weighted by Crippen LogP contribution is 2.40. The van der Waals surface area contributed by atoms with Crippen molar-refractivity contribution in [2.75, 3.05) is 12.9 Å². The summed E-state index contributed by atoms with van der Waals surface area (Å²) in [6, 6.07) is 9.65. The first-order chi connectivity index (χ1) is 21.1. The summed E-state index contributed by atoms with van der Waals surface area (Å²) in [5.74, 6) is -0.344. The Hall–Kier alpha value is -4.52. The monoisotopic (exact) mass is 675 g/mol. The van der Waals surface area contributed by atoms with Gasteiger partial charge in [-0.15, -0.1) is 11.3 Å². The lowest BCUT2D eigenvalue weighted by Gasteiger charge is -2.16. The lowest BCUT2D eigenvalue weighted by molar-refractivity contribution is -0.137. The average Bonchev–Trinajstić information content (AvgIpc) is 3.36. The van der Waals surface area contributed by atoms with Gasteiger partial charge in [0, 0.05) is 27.2 Å². The molecule has 0 spiro atoms. The van der Waals surface area contributed by atoms with Gasteiger partial charge in [0.2, 0.25) is 10.0 Å². The highest BCUT2D eigenvalue weighted by molar-refractivity contribution is 7.89. The van der Waals surface area contributed by atoms with E-state index in [2.05, 4.69) is 9.97 Å². The van der Waals surface area contributed by atoms with Crippen molar-refractivity contribution in [3.05, 3.63) is 85.4 Å². The van der Waals surface area contributed by atoms with Crippen molar-refractivity contribution in [2.24, 2.45) is 0 Å². The first-order valence-electron chi connectivity index (χ1n) is 12.9. The molecule has 10 nitrogen and oxygen atoms in total. The fraction of sp³-hybridized carbons (Fsp3) is 0.207. The van der Waals surface area contributed by atoms with Crippen molar-refractivity contribution in [3.8, 4) is 22.9 Å². The molecule has 0 fully saturated rings. The number of amides is 1. The number of alkyl halides is 3. The number of sulfonamides is 1. The molecule has 232 valence electrons. The molecule has 1 N–H and O–H groups in total. The van der Waals surface area contributed by atoms with Crippen LogP contribution < -0.4 is 15.0 Å². The van der Waals surface area contributed by atoms with Crippen LogP contribution in [-0.4, -0.2) is 41.7 Å². The van der Waals surface area contributed by atoms with Crippen LogP contribution in [-0.2, 0) is 22.7 Å². The molecule has 0 saturated carbocycles. The molecule has 3 heterocycles. The number of pyridine rings is 1. The number of carbonyl (C=O) groups is 1. The van der Waals surface area contributed by atoms with Crippen molar-refractivity contribution in [2.45, 2.75) is 26.6 Å². The lowest BCUT2D eigenvalue weighted by atomic mass is 10.0. The molecule has 0 unspecified atom stereocenters. The second-order valence-corrected chi connectivity index (χ2v) is 13.0. The van der Waals surface area contributed by atoms with Gasteiger partial charge in [-0.1, -0.05) is 11.6 Å². The minimum absolute atomic E-state index is 0.0544. The molecule has 5 aromatic rings. The van der Waals surface area contributed by atoms with Gasteiger partial charge in [-0.3, -0.25) is 19.1 Å². The Bertz CT molecular complexity index is 2240. The molecular formula is C29H21ClF3N5O5S2. The predicted octanol–water partition coefficient (Wildman–Crippen LogP) is 5.60. The maximum absolute atomic E-state index is 13.3. The number of hydrogen-bond acceptors (Lipinski definition) is 9. The number of nitrogens with one attached hydrogen (secondary N) is 1. The van der Waals surface area contributed by atoms with Gasteiger partial charge >= 0.3 is 6.18 Å². The van der Waals surface area contributed by atoms with Crippen LogP contribution in [0.5, 0.6) is 5.75 Å². The van der Waals surface area contributed by atoms with E-state index < -0.39 is 38.8 Å². The maximum Gasteiger partial charge on any atom is 0.416 e. The predicted molar refractivity (Wildman–Crippen MR) is 163 cm³/mol. The number of nitrogens with zero attached hydrogens (tertiary/aromatic N) is 4. The molecule has 1 amide bonds. The Morgan fingerprint density at radius 3 is 2.56 bits per heavy atom. The van der Waals surface area contributed by atoms with Crippen LogP contribution in [0.4, 0.5) is 13.2 Å². The summed E-state index contributed by atoms with van der Waals surface area (Å²) in [6.07, 6.45) is -3.85. The van der Waals surface area contributed by atoms with E-state index >= 15 is 0 Å². The fourth-order valence-corrected chi connectivity index (χ4v) is 6.41. The standard InChI is InChI=1S/C29H21ClF3N5O5S2/c1-14-8-20(26-25(35-14)21(13-44-26)27(39)37-45(3,41)42)19-11-18(30)4-5-23(19)43-7-6-38-15(2)36-22-10-17(29(31,32)33)9-16(12-34)24(22)28(38)40/h4-5,8-11,13H,6-7H2,1-3H3,(H,37,39). The highest BCUT2D eigenvalue weighted by Gasteiger charge is 2.32. The van der Waals surface area contributed by atoms with E-state index in [1.54, 1.807) is 37.3 Å². The SMILES string of the molecule is Cc1cc(-c2cc(Cl)ccc2OCCn2c(C)nc3cc(C(F)(F)F)cc(C#N)c3c2=O)c2scc(C(=O)NS(C)(=O)=O)c2n1. The lowest BCUT2D eigenvalue weighted by Crippen LogP contribution is -2.29. The summed E-state index contributed by atoms with van der Waals surface area (Å²) in [5.41, 5.74) is -0.414. The zero-order valence-electron chi connectivity index (χ0n) is 23.6. The molecule has 0 saturated heterocycles. The number of nitriles is 1. The van der Waals surface area contributed by atoms with Crippen LogP contribution >= 0.6 is 22.9 Å². The summed E-state index contributed by atoms with van der Waals surface area (Å²) in [7, 11) is -3.82. The van der Waals surface area contributed by atoms with Gasteiger partial charge in [-0.05, 0) is 50.2 Å². The summed E-state index contributed by atoms with van der Waals surface area (Å²) < 4.78 is 73.1. The molecule has 45 heavy (non-hydrogen) atoms. The molecule has 0 atom stereocenters. The first kappa shape index (κ1) is 31.9. The summed E-state index contributed by atoms with van der Waals surface area (Å²) in [6.45, 7) is 3.04. The van der Waals surface area contributed by atoms with Crippen LogP contribution in [0.3, 0.4) is 0 Å². The Morgan fingerprint density at radius 1 is 1.16 bits per heavy atom. The molecule has 16 heteroatoms. The third-order valence-electron chi connectivity index (χ3n) is 6.68. The highest BCUT2D eigenvalue weighted by atomic mass is 35.5. The first-order valence-corrected chi connectivity index (χ1v) is 16.1. The quantitative estimate of drug-likeness (QED) is 0.235. The summed E-state index contributed by atoms with van der Waals surface area (Å²) >= 11 is 7.51. The second-order valence-electron chi connectivity index (χ2n) is 9.97. The van der Waals surface area contributed by atoms with Crippen molar-refractivity contribution < 1.29 is 31.1 Å². The van der Waals surface area contributed by atoms with E-state index in [1.807, 2.05) is 4.72 Å². The third-order valence-corrected chi connectivity index (χ3v) is 8.47. The number of hydrogen-bond donors (Lipinski definition) is 1. The fourth-order valence-electron chi connectivity index (χ4n) is 4.78. The van der Waals surface area contributed by atoms with E-state index in [9.17, 15) is 36.4 Å². The van der Waals surface area contributed by atoms with E-state index in [0.717, 1.165) is 12.3 Å². The van der Waals surface area contributed by atoms with Crippen LogP contribution in [0.1, 0.15) is 33.0 Å². The maximum atomic E-state index is 13.3. The van der Waals surface area contributed by atoms with Crippen LogP contribution in [0.15, 0.2) is 46.6 Å². The molecule has 0 aliphatic carbocycles. The van der Waals surface area contributed by atoms with Gasteiger partial charge in [-0.25, -0.2) is 18.1 Å². The topological polar surface area (TPSA) is 144 Å². The Morgan fingerprint density at radius 2 is 1.89 bits per heavy atom. The normalized spacial score (nSPS) is 12.0. The minimum Gasteiger partial charge on any atom is -0.491 e. The minimum atomic E-state index is -4.72. The number of carbonyl (C=O) groups excluding carboxylic acids is 1. The van der Waals surface area contributed by atoms with Crippen molar-refractivity contribution in [1.82, 2.24) is 19.3 Å². The molecule has 3 aromatic heterocycles. The molecule has 0 bridgehead atoms. The van der Waals surface area contributed by atoms with Crippen molar-refractivity contribution in [3.63, 3.8) is 0 Å².